The minimum atomic E-state index is -0.801. The fraction of sp³-hybridized carbons (Fsp3) is 0.182. The monoisotopic (exact) mass is 483 g/mol. The number of ketones is 1. The number of halogens is 1. The Morgan fingerprint density at radius 2 is 1.77 bits per heavy atom. The molecule has 2 aromatic carbocycles. The Bertz CT molecular complexity index is 1200. The standard InChI is InChI=1S/C22H18BrN3O3S/c1-11-4-5-12(2)16(10-11)19(27)17-18(14-6-8-15(23)9-7-14)26(21(29)20(17)28)22-25-24-13(3)30-22/h4-10,18,27H,1-3H3/t18-/m0/s1. The first-order chi connectivity index (χ1) is 14.3. The van der Waals surface area contributed by atoms with Gasteiger partial charge in [0, 0.05) is 10.0 Å². The quantitative estimate of drug-likeness (QED) is 0.327. The first-order valence-corrected chi connectivity index (χ1v) is 10.8. The zero-order chi connectivity index (χ0) is 21.6. The van der Waals surface area contributed by atoms with Gasteiger partial charge in [0.25, 0.3) is 5.78 Å². The second kappa shape index (κ2) is 7.77. The van der Waals surface area contributed by atoms with Crippen molar-refractivity contribution in [1.82, 2.24) is 10.2 Å². The Kier molecular flexibility index (Phi) is 5.29. The molecule has 30 heavy (non-hydrogen) atoms. The molecule has 2 heterocycles. The highest BCUT2D eigenvalue weighted by molar-refractivity contribution is 9.10. The lowest BCUT2D eigenvalue weighted by Crippen LogP contribution is -2.29. The molecule has 1 N–H and O–H groups in total. The number of benzene rings is 2. The maximum atomic E-state index is 13.1. The summed E-state index contributed by atoms with van der Waals surface area (Å²) in [5, 5.41) is 20.3. The van der Waals surface area contributed by atoms with Crippen molar-refractivity contribution >= 4 is 49.8 Å². The van der Waals surface area contributed by atoms with E-state index < -0.39 is 17.7 Å². The molecule has 4 rings (SSSR count). The highest BCUT2D eigenvalue weighted by Crippen LogP contribution is 2.43. The molecule has 1 amide bonds. The Hall–Kier alpha value is -2.84. The summed E-state index contributed by atoms with van der Waals surface area (Å²) in [6.45, 7) is 5.54. The third-order valence-electron chi connectivity index (χ3n) is 5.00. The van der Waals surface area contributed by atoms with Gasteiger partial charge >= 0.3 is 5.91 Å². The van der Waals surface area contributed by atoms with Crippen molar-refractivity contribution in [2.24, 2.45) is 0 Å². The van der Waals surface area contributed by atoms with Gasteiger partial charge in [0.2, 0.25) is 5.13 Å². The largest absolute Gasteiger partial charge is 0.507 e. The lowest BCUT2D eigenvalue weighted by molar-refractivity contribution is -0.132. The van der Waals surface area contributed by atoms with E-state index >= 15 is 0 Å². The van der Waals surface area contributed by atoms with E-state index in [1.54, 1.807) is 6.92 Å². The normalized spacial score (nSPS) is 18.3. The van der Waals surface area contributed by atoms with E-state index in [1.165, 1.54) is 16.2 Å². The van der Waals surface area contributed by atoms with Gasteiger partial charge in [0.15, 0.2) is 0 Å². The van der Waals surface area contributed by atoms with Crippen molar-refractivity contribution in [2.45, 2.75) is 26.8 Å². The first kappa shape index (κ1) is 20.4. The van der Waals surface area contributed by atoms with E-state index in [0.717, 1.165) is 15.6 Å². The van der Waals surface area contributed by atoms with Gasteiger partial charge in [-0.15, -0.1) is 10.2 Å². The molecule has 1 atom stereocenters. The molecule has 1 saturated heterocycles. The van der Waals surface area contributed by atoms with Crippen LogP contribution in [-0.4, -0.2) is 27.0 Å². The van der Waals surface area contributed by atoms with E-state index in [9.17, 15) is 14.7 Å². The molecule has 1 aliphatic heterocycles. The molecule has 8 heteroatoms. The predicted molar refractivity (Wildman–Crippen MR) is 119 cm³/mol. The van der Waals surface area contributed by atoms with Gasteiger partial charge < -0.3 is 5.11 Å². The Labute approximate surface area is 186 Å². The van der Waals surface area contributed by atoms with E-state index in [2.05, 4.69) is 26.1 Å². The number of anilines is 1. The molecule has 0 radical (unpaired) electrons. The second-order valence-corrected chi connectivity index (χ2v) is 9.22. The zero-order valence-corrected chi connectivity index (χ0v) is 18.9. The molecule has 1 fully saturated rings. The maximum Gasteiger partial charge on any atom is 0.301 e. The number of hydrogen-bond donors (Lipinski definition) is 1. The maximum absolute atomic E-state index is 13.1. The van der Waals surface area contributed by atoms with Gasteiger partial charge in [-0.2, -0.15) is 0 Å². The number of carbonyl (C=O) groups is 2. The van der Waals surface area contributed by atoms with Crippen LogP contribution in [0.1, 0.15) is 33.3 Å². The summed E-state index contributed by atoms with van der Waals surface area (Å²) < 4.78 is 0.865. The highest BCUT2D eigenvalue weighted by Gasteiger charge is 2.48. The van der Waals surface area contributed by atoms with E-state index in [-0.39, 0.29) is 11.3 Å². The van der Waals surface area contributed by atoms with Crippen molar-refractivity contribution in [2.75, 3.05) is 4.90 Å². The smallest absolute Gasteiger partial charge is 0.301 e. The van der Waals surface area contributed by atoms with Gasteiger partial charge in [-0.1, -0.05) is 57.1 Å². The van der Waals surface area contributed by atoms with Crippen LogP contribution in [0.25, 0.3) is 5.76 Å². The van der Waals surface area contributed by atoms with Gasteiger partial charge in [-0.05, 0) is 50.1 Å². The van der Waals surface area contributed by atoms with Crippen LogP contribution in [0, 0.1) is 20.8 Å². The van der Waals surface area contributed by atoms with Crippen LogP contribution in [0.15, 0.2) is 52.5 Å². The lowest BCUT2D eigenvalue weighted by Gasteiger charge is -2.22. The Morgan fingerprint density at radius 1 is 1.07 bits per heavy atom. The number of amides is 1. The molecule has 1 aliphatic rings. The summed E-state index contributed by atoms with van der Waals surface area (Å²) in [7, 11) is 0. The molecule has 0 bridgehead atoms. The number of hydrogen-bond acceptors (Lipinski definition) is 6. The number of aromatic nitrogens is 2. The van der Waals surface area contributed by atoms with Gasteiger partial charge in [0.1, 0.15) is 10.8 Å². The van der Waals surface area contributed by atoms with Crippen molar-refractivity contribution in [1.29, 1.82) is 0 Å². The van der Waals surface area contributed by atoms with Crippen molar-refractivity contribution in [3.05, 3.63) is 79.8 Å². The number of aryl methyl sites for hydroxylation is 3. The van der Waals surface area contributed by atoms with E-state index in [1.807, 2.05) is 56.3 Å². The van der Waals surface area contributed by atoms with Crippen LogP contribution >= 0.6 is 27.3 Å². The minimum Gasteiger partial charge on any atom is -0.507 e. The topological polar surface area (TPSA) is 83.4 Å². The van der Waals surface area contributed by atoms with Crippen LogP contribution in [0.4, 0.5) is 5.13 Å². The zero-order valence-electron chi connectivity index (χ0n) is 16.5. The van der Waals surface area contributed by atoms with Crippen LogP contribution in [0.3, 0.4) is 0 Å². The Morgan fingerprint density at radius 3 is 2.40 bits per heavy atom. The lowest BCUT2D eigenvalue weighted by atomic mass is 9.93. The molecule has 0 unspecified atom stereocenters. The molecule has 0 spiro atoms. The number of rotatable bonds is 3. The summed E-state index contributed by atoms with van der Waals surface area (Å²) in [6, 6.07) is 12.1. The summed E-state index contributed by atoms with van der Waals surface area (Å²) in [4.78, 5) is 27.4. The molecule has 6 nitrogen and oxygen atoms in total. The van der Waals surface area contributed by atoms with Gasteiger partial charge in [0.05, 0.1) is 11.6 Å². The number of carbonyl (C=O) groups excluding carboxylic acids is 2. The molecular formula is C22H18BrN3O3S. The third-order valence-corrected chi connectivity index (χ3v) is 6.37. The summed E-state index contributed by atoms with van der Waals surface area (Å²) in [6.07, 6.45) is 0. The van der Waals surface area contributed by atoms with Crippen LogP contribution in [0.5, 0.6) is 0 Å². The second-order valence-electron chi connectivity index (χ2n) is 7.14. The molecule has 152 valence electrons. The van der Waals surface area contributed by atoms with E-state index in [0.29, 0.717) is 21.3 Å². The highest BCUT2D eigenvalue weighted by atomic mass is 79.9. The predicted octanol–water partition coefficient (Wildman–Crippen LogP) is 4.85. The van der Waals surface area contributed by atoms with Gasteiger partial charge in [-0.25, -0.2) is 0 Å². The van der Waals surface area contributed by atoms with Crippen LogP contribution < -0.4 is 4.90 Å². The molecule has 3 aromatic rings. The van der Waals surface area contributed by atoms with Gasteiger partial charge in [-0.3, -0.25) is 14.5 Å². The van der Waals surface area contributed by atoms with Crippen LogP contribution in [0.2, 0.25) is 0 Å². The average Bonchev–Trinajstić information content (AvgIpc) is 3.25. The fourth-order valence-corrected chi connectivity index (χ4v) is 4.49. The van der Waals surface area contributed by atoms with Crippen molar-refractivity contribution in [3.63, 3.8) is 0 Å². The summed E-state index contributed by atoms with van der Waals surface area (Å²) in [5.74, 6) is -1.66. The summed E-state index contributed by atoms with van der Waals surface area (Å²) >= 11 is 4.63. The summed E-state index contributed by atoms with van der Waals surface area (Å²) in [5.41, 5.74) is 3.02. The molecule has 0 aliphatic carbocycles. The molecular weight excluding hydrogens is 466 g/mol. The number of Topliss-reactive ketones (excluding diaryl/α,β-unsaturated/α-hetero) is 1. The SMILES string of the molecule is Cc1ccc(C)c(C(O)=C2C(=O)C(=O)N(c3nnc(C)s3)[C@H]2c2ccc(Br)cc2)c1. The van der Waals surface area contributed by atoms with E-state index in [4.69, 9.17) is 0 Å². The molecule has 0 saturated carbocycles. The third kappa shape index (κ3) is 3.46. The average molecular weight is 484 g/mol. The Balaban J connectivity index is 1.97. The first-order valence-electron chi connectivity index (χ1n) is 9.22. The van der Waals surface area contributed by atoms with Crippen LogP contribution in [-0.2, 0) is 9.59 Å². The van der Waals surface area contributed by atoms with Crippen molar-refractivity contribution in [3.8, 4) is 0 Å². The number of nitrogens with zero attached hydrogens (tertiary/aromatic N) is 3. The number of aliphatic hydroxyl groups excluding tert-OH is 1. The van der Waals surface area contributed by atoms with Crippen molar-refractivity contribution < 1.29 is 14.7 Å². The molecule has 1 aromatic heterocycles. The minimum absolute atomic E-state index is 0.0453. The fourth-order valence-electron chi connectivity index (χ4n) is 3.51. The number of aliphatic hydroxyl groups is 1.